The molecule has 1 heterocycles. The molecule has 1 fully saturated rings. The number of carbonyl (C=O) groups is 3. The number of carbonyl (C=O) groups excluding carboxylic acids is 3. The van der Waals surface area contributed by atoms with Gasteiger partial charge in [-0.15, -0.1) is 0 Å². The molecule has 0 bridgehead atoms. The van der Waals surface area contributed by atoms with Gasteiger partial charge in [-0.1, -0.05) is 18.2 Å². The third-order valence-electron chi connectivity index (χ3n) is 4.02. The Morgan fingerprint density at radius 3 is 2.59 bits per heavy atom. The molecule has 1 aromatic rings. The molecule has 0 radical (unpaired) electrons. The van der Waals surface area contributed by atoms with Crippen molar-refractivity contribution < 1.29 is 27.9 Å². The van der Waals surface area contributed by atoms with E-state index in [1.165, 1.54) is 36.1 Å². The van der Waals surface area contributed by atoms with Crippen LogP contribution in [0.5, 0.6) is 0 Å². The average molecular weight is 400 g/mol. The van der Waals surface area contributed by atoms with Gasteiger partial charge in [0.05, 0.1) is 0 Å². The summed E-state index contributed by atoms with van der Waals surface area (Å²) in [5, 5.41) is 2.56. The number of ether oxygens (including phenoxy) is 1. The lowest BCUT2D eigenvalue weighted by Gasteiger charge is -2.20. The Morgan fingerprint density at radius 1 is 1.22 bits per heavy atom. The molecular formula is C18H22F2N2O4S. The monoisotopic (exact) mass is 400 g/mol. The SMILES string of the molecule is C[C@@H](OC(=O)CN1CCCCCC1=O)C(=O)Nc1ccc(SC(F)F)cc1. The van der Waals surface area contributed by atoms with Crippen molar-refractivity contribution in [3.63, 3.8) is 0 Å². The van der Waals surface area contributed by atoms with Crippen molar-refractivity contribution in [2.75, 3.05) is 18.4 Å². The summed E-state index contributed by atoms with van der Waals surface area (Å²) in [5.41, 5.74) is 0.407. The van der Waals surface area contributed by atoms with Gasteiger partial charge in [0, 0.05) is 23.5 Å². The van der Waals surface area contributed by atoms with E-state index in [0.717, 1.165) is 19.3 Å². The number of hydrogen-bond acceptors (Lipinski definition) is 5. The number of alkyl halides is 2. The number of likely N-dealkylation sites (tertiary alicyclic amines) is 1. The van der Waals surface area contributed by atoms with Gasteiger partial charge in [-0.3, -0.25) is 14.4 Å². The number of nitrogens with one attached hydrogen (secondary N) is 1. The molecular weight excluding hydrogens is 378 g/mol. The molecule has 1 saturated heterocycles. The number of thioether (sulfide) groups is 1. The van der Waals surface area contributed by atoms with Crippen LogP contribution in [0, 0.1) is 0 Å². The Labute approximate surface area is 160 Å². The van der Waals surface area contributed by atoms with Gasteiger partial charge < -0.3 is 15.0 Å². The minimum Gasteiger partial charge on any atom is -0.451 e. The van der Waals surface area contributed by atoms with Crippen LogP contribution in [-0.2, 0) is 19.1 Å². The van der Waals surface area contributed by atoms with E-state index in [1.807, 2.05) is 0 Å². The Kier molecular flexibility index (Phi) is 8.02. The molecule has 1 N–H and O–H groups in total. The summed E-state index contributed by atoms with van der Waals surface area (Å²) < 4.78 is 29.7. The molecule has 0 aromatic heterocycles. The number of halogens is 2. The van der Waals surface area contributed by atoms with E-state index >= 15 is 0 Å². The highest BCUT2D eigenvalue weighted by molar-refractivity contribution is 7.99. The third kappa shape index (κ3) is 7.16. The van der Waals surface area contributed by atoms with Crippen LogP contribution >= 0.6 is 11.8 Å². The maximum Gasteiger partial charge on any atom is 0.326 e. The first-order valence-corrected chi connectivity index (χ1v) is 9.56. The van der Waals surface area contributed by atoms with Crippen molar-refractivity contribution in [1.82, 2.24) is 4.90 Å². The van der Waals surface area contributed by atoms with Gasteiger partial charge in [0.25, 0.3) is 11.7 Å². The predicted molar refractivity (Wildman–Crippen MR) is 97.5 cm³/mol. The zero-order valence-electron chi connectivity index (χ0n) is 15.0. The molecule has 27 heavy (non-hydrogen) atoms. The molecule has 2 amide bonds. The maximum atomic E-state index is 12.3. The second-order valence-corrected chi connectivity index (χ2v) is 7.21. The minimum absolute atomic E-state index is 0.0803. The van der Waals surface area contributed by atoms with Crippen LogP contribution < -0.4 is 5.32 Å². The largest absolute Gasteiger partial charge is 0.451 e. The summed E-state index contributed by atoms with van der Waals surface area (Å²) in [6.07, 6.45) is 1.98. The van der Waals surface area contributed by atoms with Gasteiger partial charge in [-0.2, -0.15) is 8.78 Å². The highest BCUT2D eigenvalue weighted by Crippen LogP contribution is 2.26. The van der Waals surface area contributed by atoms with Gasteiger partial charge in [0.15, 0.2) is 6.10 Å². The molecule has 148 valence electrons. The highest BCUT2D eigenvalue weighted by atomic mass is 32.2. The fourth-order valence-electron chi connectivity index (χ4n) is 2.61. The fourth-order valence-corrected chi connectivity index (χ4v) is 3.11. The van der Waals surface area contributed by atoms with Crippen LogP contribution in [0.2, 0.25) is 0 Å². The summed E-state index contributed by atoms with van der Waals surface area (Å²) in [7, 11) is 0. The Balaban J connectivity index is 1.82. The number of benzene rings is 1. The normalized spacial score (nSPS) is 16.0. The van der Waals surface area contributed by atoms with Gasteiger partial charge in [0.1, 0.15) is 6.54 Å². The summed E-state index contributed by atoms with van der Waals surface area (Å²) in [6, 6.07) is 5.92. The summed E-state index contributed by atoms with van der Waals surface area (Å²) >= 11 is 0.411. The molecule has 0 spiro atoms. The van der Waals surface area contributed by atoms with Crippen LogP contribution in [0.25, 0.3) is 0 Å². The Hall–Kier alpha value is -2.16. The minimum atomic E-state index is -2.51. The first-order chi connectivity index (χ1) is 12.8. The summed E-state index contributed by atoms with van der Waals surface area (Å²) in [6.45, 7) is 1.77. The van der Waals surface area contributed by atoms with Crippen LogP contribution in [0.3, 0.4) is 0 Å². The first-order valence-electron chi connectivity index (χ1n) is 8.68. The number of hydrogen-bond donors (Lipinski definition) is 1. The van der Waals surface area contributed by atoms with E-state index in [2.05, 4.69) is 5.32 Å². The number of rotatable bonds is 7. The lowest BCUT2D eigenvalue weighted by atomic mass is 10.2. The smallest absolute Gasteiger partial charge is 0.326 e. The number of anilines is 1. The lowest BCUT2D eigenvalue weighted by Crippen LogP contribution is -2.38. The molecule has 1 aliphatic rings. The number of esters is 1. The maximum absolute atomic E-state index is 12.3. The van der Waals surface area contributed by atoms with Crippen molar-refractivity contribution >= 4 is 35.2 Å². The number of amides is 2. The van der Waals surface area contributed by atoms with Crippen LogP contribution in [0.4, 0.5) is 14.5 Å². The third-order valence-corrected chi connectivity index (χ3v) is 4.74. The van der Waals surface area contributed by atoms with E-state index in [4.69, 9.17) is 4.74 Å². The van der Waals surface area contributed by atoms with E-state index in [0.29, 0.717) is 35.3 Å². The van der Waals surface area contributed by atoms with Crippen molar-refractivity contribution in [2.45, 2.75) is 49.4 Å². The average Bonchev–Trinajstić information content (AvgIpc) is 2.80. The van der Waals surface area contributed by atoms with Crippen molar-refractivity contribution in [3.05, 3.63) is 24.3 Å². The highest BCUT2D eigenvalue weighted by Gasteiger charge is 2.23. The van der Waals surface area contributed by atoms with E-state index < -0.39 is 23.7 Å². The van der Waals surface area contributed by atoms with Crippen molar-refractivity contribution in [2.24, 2.45) is 0 Å². The Bertz CT molecular complexity index is 670. The predicted octanol–water partition coefficient (Wildman–Crippen LogP) is 3.27. The van der Waals surface area contributed by atoms with Crippen LogP contribution in [0.1, 0.15) is 32.6 Å². The van der Waals surface area contributed by atoms with E-state index in [-0.39, 0.29) is 12.5 Å². The molecule has 1 aromatic carbocycles. The molecule has 1 aliphatic heterocycles. The van der Waals surface area contributed by atoms with E-state index in [9.17, 15) is 23.2 Å². The molecule has 0 aliphatic carbocycles. The molecule has 1 atom stereocenters. The fraction of sp³-hybridized carbons (Fsp3) is 0.500. The lowest BCUT2D eigenvalue weighted by molar-refractivity contribution is -0.156. The summed E-state index contributed by atoms with van der Waals surface area (Å²) in [4.78, 5) is 37.9. The van der Waals surface area contributed by atoms with Crippen LogP contribution in [0.15, 0.2) is 29.2 Å². The summed E-state index contributed by atoms with van der Waals surface area (Å²) in [5.74, 6) is -3.78. The quantitative estimate of drug-likeness (QED) is 0.562. The topological polar surface area (TPSA) is 75.7 Å². The number of nitrogens with zero attached hydrogens (tertiary/aromatic N) is 1. The van der Waals surface area contributed by atoms with Crippen LogP contribution in [-0.4, -0.2) is 47.6 Å². The van der Waals surface area contributed by atoms with E-state index in [1.54, 1.807) is 0 Å². The first kappa shape index (κ1) is 21.1. The standard InChI is InChI=1S/C18H22F2N2O4S/c1-12(26-16(24)11-22-10-4-2-3-5-15(22)23)17(25)21-13-6-8-14(9-7-13)27-18(19)20/h6-9,12,18H,2-5,10-11H2,1H3,(H,21,25)/t12-/m1/s1. The van der Waals surface area contributed by atoms with Crippen molar-refractivity contribution in [3.8, 4) is 0 Å². The molecule has 0 unspecified atom stereocenters. The molecule has 6 nitrogen and oxygen atoms in total. The zero-order chi connectivity index (χ0) is 19.8. The van der Waals surface area contributed by atoms with Gasteiger partial charge in [0.2, 0.25) is 5.91 Å². The zero-order valence-corrected chi connectivity index (χ0v) is 15.8. The molecule has 9 heteroatoms. The Morgan fingerprint density at radius 2 is 1.93 bits per heavy atom. The van der Waals surface area contributed by atoms with Crippen molar-refractivity contribution in [1.29, 1.82) is 0 Å². The second kappa shape index (κ2) is 10.2. The van der Waals surface area contributed by atoms with Gasteiger partial charge in [-0.05, 0) is 44.0 Å². The molecule has 2 rings (SSSR count). The second-order valence-electron chi connectivity index (χ2n) is 6.15. The molecule has 0 saturated carbocycles. The van der Waals surface area contributed by atoms with Gasteiger partial charge >= 0.3 is 5.97 Å². The van der Waals surface area contributed by atoms with Gasteiger partial charge in [-0.25, -0.2) is 0 Å².